The summed E-state index contributed by atoms with van der Waals surface area (Å²) in [5, 5.41) is 9.73. The highest BCUT2D eigenvalue weighted by atomic mass is 19.1. The zero-order valence-electron chi connectivity index (χ0n) is 17.6. The summed E-state index contributed by atoms with van der Waals surface area (Å²) >= 11 is 0. The number of methoxy groups -OCH3 is 1. The van der Waals surface area contributed by atoms with E-state index in [-0.39, 0.29) is 11.9 Å². The van der Waals surface area contributed by atoms with E-state index in [9.17, 15) is 14.0 Å². The van der Waals surface area contributed by atoms with Gasteiger partial charge in [-0.1, -0.05) is 6.07 Å². The molecule has 1 fully saturated rings. The van der Waals surface area contributed by atoms with Crippen LogP contribution in [0.4, 0.5) is 20.7 Å². The molecular weight excluding hydrogens is 413 g/mol. The van der Waals surface area contributed by atoms with E-state index in [1.165, 1.54) is 18.2 Å². The molecule has 1 aromatic heterocycles. The highest BCUT2D eigenvalue weighted by Crippen LogP contribution is 2.26. The second kappa shape index (κ2) is 9.51. The van der Waals surface area contributed by atoms with Gasteiger partial charge < -0.3 is 15.0 Å². The van der Waals surface area contributed by atoms with Gasteiger partial charge in [-0.15, -0.1) is 0 Å². The van der Waals surface area contributed by atoms with Crippen molar-refractivity contribution < 1.29 is 18.7 Å². The topological polar surface area (TPSA) is 88.5 Å². The minimum absolute atomic E-state index is 0.0145. The molecule has 2 aromatic carbocycles. The number of aromatic nitrogens is 2. The van der Waals surface area contributed by atoms with E-state index in [0.717, 1.165) is 0 Å². The number of piperidine rings is 1. The summed E-state index contributed by atoms with van der Waals surface area (Å²) in [6.07, 6.45) is 3.04. The molecule has 0 bridgehead atoms. The predicted octanol–water partition coefficient (Wildman–Crippen LogP) is 4.15. The molecule has 32 heavy (non-hydrogen) atoms. The fraction of sp³-hybridized carbons (Fsp3) is 0.261. The third-order valence-electron chi connectivity index (χ3n) is 5.43. The van der Waals surface area contributed by atoms with E-state index < -0.39 is 11.8 Å². The quantitative estimate of drug-likeness (QED) is 0.628. The number of carbonyl (C=O) groups is 2. The van der Waals surface area contributed by atoms with Crippen molar-refractivity contribution in [2.45, 2.75) is 18.9 Å². The number of carbonyl (C=O) groups excluding carboxylic acids is 2. The normalized spacial score (nSPS) is 14.1. The molecule has 0 aliphatic carbocycles. The van der Waals surface area contributed by atoms with Gasteiger partial charge in [0, 0.05) is 30.4 Å². The van der Waals surface area contributed by atoms with Gasteiger partial charge in [-0.05, 0) is 55.3 Å². The Morgan fingerprint density at radius 2 is 1.81 bits per heavy atom. The number of ether oxygens (including phenoxy) is 1. The molecule has 166 valence electrons. The van der Waals surface area contributed by atoms with Gasteiger partial charge >= 0.3 is 6.03 Å². The molecule has 2 N–H and O–H groups in total. The lowest BCUT2D eigenvalue weighted by Gasteiger charge is -2.32. The SMILES string of the molecule is COc1ccc(C(=O)N2CCC(n3nccc3NC(=O)Nc3cccc(F)c3)CC2)cc1. The van der Waals surface area contributed by atoms with Crippen molar-refractivity contribution in [2.75, 3.05) is 30.8 Å². The molecule has 1 saturated heterocycles. The Labute approximate surface area is 185 Å². The molecule has 4 rings (SSSR count). The van der Waals surface area contributed by atoms with Gasteiger partial charge in [-0.3, -0.25) is 10.1 Å². The first-order valence-corrected chi connectivity index (χ1v) is 10.3. The van der Waals surface area contributed by atoms with Crippen LogP contribution in [0, 0.1) is 5.82 Å². The highest BCUT2D eigenvalue weighted by molar-refractivity contribution is 5.99. The van der Waals surface area contributed by atoms with E-state index >= 15 is 0 Å². The van der Waals surface area contributed by atoms with Gasteiger partial charge in [0.05, 0.1) is 19.3 Å². The Bertz CT molecular complexity index is 1090. The maximum Gasteiger partial charge on any atom is 0.324 e. The number of amides is 3. The number of likely N-dealkylation sites (tertiary alicyclic amines) is 1. The fourth-order valence-corrected chi connectivity index (χ4v) is 3.78. The van der Waals surface area contributed by atoms with Crippen LogP contribution in [0.1, 0.15) is 29.2 Å². The Hall–Kier alpha value is -3.88. The van der Waals surface area contributed by atoms with E-state index in [4.69, 9.17) is 4.74 Å². The molecule has 0 radical (unpaired) electrons. The lowest BCUT2D eigenvalue weighted by Crippen LogP contribution is -2.39. The molecule has 2 heterocycles. The summed E-state index contributed by atoms with van der Waals surface area (Å²) in [6.45, 7) is 1.18. The van der Waals surface area contributed by atoms with E-state index in [1.54, 1.807) is 54.4 Å². The fourth-order valence-electron chi connectivity index (χ4n) is 3.78. The van der Waals surface area contributed by atoms with Gasteiger partial charge in [-0.25, -0.2) is 13.9 Å². The average molecular weight is 437 g/mol. The van der Waals surface area contributed by atoms with Crippen LogP contribution in [0.15, 0.2) is 60.8 Å². The summed E-state index contributed by atoms with van der Waals surface area (Å²) < 4.78 is 20.2. The summed E-state index contributed by atoms with van der Waals surface area (Å²) in [6, 6.07) is 14.0. The highest BCUT2D eigenvalue weighted by Gasteiger charge is 2.26. The average Bonchev–Trinajstić information content (AvgIpc) is 3.26. The number of nitrogens with zero attached hydrogens (tertiary/aromatic N) is 3. The standard InChI is InChI=1S/C23H24FN5O3/c1-32-20-7-5-16(6-8-20)22(30)28-13-10-19(11-14-28)29-21(9-12-25-29)27-23(31)26-18-4-2-3-17(24)15-18/h2-9,12,15,19H,10-11,13-14H2,1H3,(H2,26,27,31). The molecule has 8 nitrogen and oxygen atoms in total. The number of hydrogen-bond donors (Lipinski definition) is 2. The lowest BCUT2D eigenvalue weighted by molar-refractivity contribution is 0.0691. The van der Waals surface area contributed by atoms with Gasteiger partial charge in [-0.2, -0.15) is 5.10 Å². The minimum Gasteiger partial charge on any atom is -0.497 e. The van der Waals surface area contributed by atoms with Crippen LogP contribution in [0.25, 0.3) is 0 Å². The van der Waals surface area contributed by atoms with Crippen LogP contribution in [0.2, 0.25) is 0 Å². The number of urea groups is 1. The Morgan fingerprint density at radius 1 is 1.06 bits per heavy atom. The first-order chi connectivity index (χ1) is 15.5. The van der Waals surface area contributed by atoms with Crippen molar-refractivity contribution in [2.24, 2.45) is 0 Å². The van der Waals surface area contributed by atoms with Crippen LogP contribution < -0.4 is 15.4 Å². The molecule has 0 atom stereocenters. The smallest absolute Gasteiger partial charge is 0.324 e. The third-order valence-corrected chi connectivity index (χ3v) is 5.43. The Kier molecular flexibility index (Phi) is 6.34. The van der Waals surface area contributed by atoms with E-state index in [2.05, 4.69) is 15.7 Å². The van der Waals surface area contributed by atoms with Crippen molar-refractivity contribution in [3.63, 3.8) is 0 Å². The number of hydrogen-bond acceptors (Lipinski definition) is 4. The van der Waals surface area contributed by atoms with Crippen LogP contribution in [-0.4, -0.2) is 46.8 Å². The number of anilines is 2. The van der Waals surface area contributed by atoms with Gasteiger partial charge in [0.25, 0.3) is 5.91 Å². The third kappa shape index (κ3) is 4.88. The molecule has 1 aliphatic rings. The number of rotatable bonds is 5. The van der Waals surface area contributed by atoms with Gasteiger partial charge in [0.2, 0.25) is 0 Å². The first kappa shape index (κ1) is 21.4. The second-order valence-electron chi connectivity index (χ2n) is 7.50. The van der Waals surface area contributed by atoms with Gasteiger partial charge in [0.15, 0.2) is 0 Å². The zero-order chi connectivity index (χ0) is 22.5. The van der Waals surface area contributed by atoms with Crippen LogP contribution in [-0.2, 0) is 0 Å². The summed E-state index contributed by atoms with van der Waals surface area (Å²) in [4.78, 5) is 26.9. The minimum atomic E-state index is -0.482. The maximum atomic E-state index is 13.3. The van der Waals surface area contributed by atoms with Crippen molar-refractivity contribution in [3.8, 4) is 5.75 Å². The summed E-state index contributed by atoms with van der Waals surface area (Å²) in [5.41, 5.74) is 0.985. The van der Waals surface area contributed by atoms with Crippen LogP contribution in [0.5, 0.6) is 5.75 Å². The zero-order valence-corrected chi connectivity index (χ0v) is 17.6. The molecule has 3 aromatic rings. The second-order valence-corrected chi connectivity index (χ2v) is 7.50. The number of halogens is 1. The summed E-state index contributed by atoms with van der Waals surface area (Å²) in [7, 11) is 1.59. The van der Waals surface area contributed by atoms with Crippen molar-refractivity contribution in [1.82, 2.24) is 14.7 Å². The number of benzene rings is 2. The monoisotopic (exact) mass is 437 g/mol. The lowest BCUT2D eigenvalue weighted by atomic mass is 10.0. The molecule has 3 amide bonds. The summed E-state index contributed by atoms with van der Waals surface area (Å²) in [5.74, 6) is 0.808. The van der Waals surface area contributed by atoms with Crippen molar-refractivity contribution in [1.29, 1.82) is 0 Å². The molecule has 1 aliphatic heterocycles. The van der Waals surface area contributed by atoms with Crippen molar-refractivity contribution >= 4 is 23.4 Å². The van der Waals surface area contributed by atoms with E-state index in [0.29, 0.717) is 48.7 Å². The maximum absolute atomic E-state index is 13.3. The predicted molar refractivity (Wildman–Crippen MR) is 118 cm³/mol. The van der Waals surface area contributed by atoms with Crippen molar-refractivity contribution in [3.05, 3.63) is 72.2 Å². The van der Waals surface area contributed by atoms with Gasteiger partial charge in [0.1, 0.15) is 17.4 Å². The van der Waals surface area contributed by atoms with Crippen LogP contribution >= 0.6 is 0 Å². The molecule has 0 unspecified atom stereocenters. The first-order valence-electron chi connectivity index (χ1n) is 10.3. The van der Waals surface area contributed by atoms with Crippen LogP contribution in [0.3, 0.4) is 0 Å². The Balaban J connectivity index is 1.34. The number of nitrogens with one attached hydrogen (secondary N) is 2. The molecule has 9 heteroatoms. The van der Waals surface area contributed by atoms with E-state index in [1.807, 2.05) is 4.90 Å². The molecular formula is C23H24FN5O3. The Morgan fingerprint density at radius 3 is 2.50 bits per heavy atom. The molecule has 0 spiro atoms. The largest absolute Gasteiger partial charge is 0.497 e. The molecule has 0 saturated carbocycles.